The van der Waals surface area contributed by atoms with Crippen molar-refractivity contribution in [1.82, 2.24) is 9.62 Å². The van der Waals surface area contributed by atoms with Gasteiger partial charge in [0.1, 0.15) is 0 Å². The van der Waals surface area contributed by atoms with Crippen molar-refractivity contribution in [3.8, 4) is 0 Å². The third-order valence-corrected chi connectivity index (χ3v) is 5.55. The van der Waals surface area contributed by atoms with Crippen LogP contribution in [0.3, 0.4) is 0 Å². The van der Waals surface area contributed by atoms with Crippen LogP contribution >= 0.6 is 0 Å². The molecule has 1 aromatic carbocycles. The van der Waals surface area contributed by atoms with E-state index in [9.17, 15) is 13.2 Å². The van der Waals surface area contributed by atoms with Gasteiger partial charge in [0.25, 0.3) is 5.91 Å². The van der Waals surface area contributed by atoms with Crippen molar-refractivity contribution in [2.24, 2.45) is 10.3 Å². The second-order valence-electron chi connectivity index (χ2n) is 6.20. The Morgan fingerprint density at radius 1 is 1.29 bits per heavy atom. The van der Waals surface area contributed by atoms with E-state index in [1.807, 2.05) is 30.3 Å². The van der Waals surface area contributed by atoms with Crippen LogP contribution in [0.15, 0.2) is 46.5 Å². The lowest BCUT2D eigenvalue weighted by molar-refractivity contribution is -0.117. The van der Waals surface area contributed by atoms with Crippen LogP contribution in [0.4, 0.5) is 0 Å². The third kappa shape index (κ3) is 4.03. The summed E-state index contributed by atoms with van der Waals surface area (Å²) in [6.07, 6.45) is 4.25. The highest BCUT2D eigenvalue weighted by Crippen LogP contribution is 2.27. The van der Waals surface area contributed by atoms with Gasteiger partial charge >= 0.3 is 10.2 Å². The highest BCUT2D eigenvalue weighted by Gasteiger charge is 2.29. The zero-order valence-corrected chi connectivity index (χ0v) is 14.4. The van der Waals surface area contributed by atoms with Crippen molar-refractivity contribution in [2.45, 2.75) is 26.2 Å². The zero-order valence-electron chi connectivity index (χ0n) is 13.6. The molecular weight excluding hydrogens is 326 g/mol. The molecule has 1 saturated carbocycles. The molecule has 7 heteroatoms. The molecule has 0 saturated heterocycles. The quantitative estimate of drug-likeness (QED) is 0.850. The van der Waals surface area contributed by atoms with Crippen molar-refractivity contribution < 1.29 is 13.2 Å². The Labute approximate surface area is 142 Å². The van der Waals surface area contributed by atoms with E-state index >= 15 is 0 Å². The second-order valence-corrected chi connectivity index (χ2v) is 7.74. The molecule has 24 heavy (non-hydrogen) atoms. The van der Waals surface area contributed by atoms with Crippen LogP contribution in [0.1, 0.15) is 25.3 Å². The highest BCUT2D eigenvalue weighted by atomic mass is 32.2. The smallest absolute Gasteiger partial charge is 0.344 e. The fourth-order valence-corrected chi connectivity index (χ4v) is 3.63. The first-order valence-electron chi connectivity index (χ1n) is 8.08. The molecule has 0 radical (unpaired) electrons. The molecule has 6 nitrogen and oxygen atoms in total. The first-order chi connectivity index (χ1) is 11.5. The van der Waals surface area contributed by atoms with Crippen LogP contribution in [0.5, 0.6) is 0 Å². The molecule has 0 bridgehead atoms. The summed E-state index contributed by atoms with van der Waals surface area (Å²) in [5, 5.41) is 2.86. The molecule has 0 unspecified atom stereocenters. The van der Waals surface area contributed by atoms with Crippen LogP contribution in [0, 0.1) is 5.92 Å². The standard InChI is InChI=1S/C17H21N3O3S/c1-13-16(17(21)18-11-15-7-8-15)12-20(24(22,23)19-13)10-9-14-5-3-2-4-6-14/h2-6,12,15H,7-11H2,1H3,(H,18,21). The summed E-state index contributed by atoms with van der Waals surface area (Å²) >= 11 is 0. The van der Waals surface area contributed by atoms with E-state index in [1.54, 1.807) is 6.92 Å². The number of carbonyl (C=O) groups excluding carboxylic acids is 1. The lowest BCUT2D eigenvalue weighted by Crippen LogP contribution is -2.37. The topological polar surface area (TPSA) is 78.8 Å². The van der Waals surface area contributed by atoms with E-state index in [2.05, 4.69) is 9.71 Å². The first-order valence-corrected chi connectivity index (χ1v) is 9.48. The monoisotopic (exact) mass is 347 g/mol. The predicted molar refractivity (Wildman–Crippen MR) is 92.7 cm³/mol. The number of nitrogens with zero attached hydrogens (tertiary/aromatic N) is 2. The molecule has 1 fully saturated rings. The minimum Gasteiger partial charge on any atom is -0.352 e. The van der Waals surface area contributed by atoms with Gasteiger partial charge in [-0.05, 0) is 37.7 Å². The Hall–Kier alpha value is -2.15. The maximum absolute atomic E-state index is 12.3. The van der Waals surface area contributed by atoms with Gasteiger partial charge in [0.2, 0.25) is 0 Å². The fourth-order valence-electron chi connectivity index (χ4n) is 2.52. The Morgan fingerprint density at radius 3 is 2.67 bits per heavy atom. The maximum atomic E-state index is 12.3. The number of carbonyl (C=O) groups is 1. The van der Waals surface area contributed by atoms with Gasteiger partial charge in [-0.3, -0.25) is 9.10 Å². The van der Waals surface area contributed by atoms with Gasteiger partial charge in [-0.1, -0.05) is 30.3 Å². The van der Waals surface area contributed by atoms with Crippen molar-refractivity contribution in [1.29, 1.82) is 0 Å². The largest absolute Gasteiger partial charge is 0.352 e. The minimum absolute atomic E-state index is 0.235. The van der Waals surface area contributed by atoms with Crippen LogP contribution in [0.25, 0.3) is 0 Å². The molecule has 3 rings (SSSR count). The summed E-state index contributed by atoms with van der Waals surface area (Å²) in [7, 11) is -3.76. The summed E-state index contributed by atoms with van der Waals surface area (Å²) in [4.78, 5) is 12.3. The summed E-state index contributed by atoms with van der Waals surface area (Å²) < 4.78 is 29.3. The summed E-state index contributed by atoms with van der Waals surface area (Å²) in [5.74, 6) is 0.302. The van der Waals surface area contributed by atoms with E-state index in [0.29, 0.717) is 24.5 Å². The lowest BCUT2D eigenvalue weighted by Gasteiger charge is -2.23. The Bertz CT molecular complexity index is 781. The molecule has 0 atom stereocenters. The molecule has 1 heterocycles. The highest BCUT2D eigenvalue weighted by molar-refractivity contribution is 7.88. The Balaban J connectivity index is 1.71. The van der Waals surface area contributed by atoms with Crippen LogP contribution in [-0.2, 0) is 21.4 Å². The van der Waals surface area contributed by atoms with Crippen LogP contribution in [-0.4, -0.2) is 37.4 Å². The second kappa shape index (κ2) is 6.76. The van der Waals surface area contributed by atoms with E-state index in [0.717, 1.165) is 22.7 Å². The van der Waals surface area contributed by atoms with E-state index in [-0.39, 0.29) is 18.2 Å². The van der Waals surface area contributed by atoms with Gasteiger partial charge in [0.05, 0.1) is 11.3 Å². The van der Waals surface area contributed by atoms with Gasteiger partial charge in [-0.15, -0.1) is 4.40 Å². The van der Waals surface area contributed by atoms with Gasteiger partial charge in [0, 0.05) is 19.3 Å². The molecule has 0 aromatic heterocycles. The molecule has 1 N–H and O–H groups in total. The minimum atomic E-state index is -3.76. The molecule has 1 amide bonds. The van der Waals surface area contributed by atoms with E-state index in [4.69, 9.17) is 0 Å². The van der Waals surface area contributed by atoms with Crippen molar-refractivity contribution >= 4 is 21.8 Å². The van der Waals surface area contributed by atoms with Crippen molar-refractivity contribution in [3.05, 3.63) is 47.7 Å². The number of amides is 1. The normalized spacial score (nSPS) is 19.5. The molecule has 0 spiro atoms. The van der Waals surface area contributed by atoms with E-state index < -0.39 is 10.2 Å². The fraction of sp³-hybridized carbons (Fsp3) is 0.412. The summed E-state index contributed by atoms with van der Waals surface area (Å²) in [5.41, 5.74) is 1.59. The third-order valence-electron chi connectivity index (χ3n) is 4.17. The van der Waals surface area contributed by atoms with Crippen LogP contribution < -0.4 is 5.32 Å². The van der Waals surface area contributed by atoms with Crippen molar-refractivity contribution in [3.63, 3.8) is 0 Å². The number of hydrogen-bond donors (Lipinski definition) is 1. The maximum Gasteiger partial charge on any atom is 0.344 e. The van der Waals surface area contributed by atoms with Gasteiger partial charge in [-0.25, -0.2) is 0 Å². The lowest BCUT2D eigenvalue weighted by atomic mass is 10.1. The summed E-state index contributed by atoms with van der Waals surface area (Å²) in [6, 6.07) is 9.62. The number of rotatable bonds is 6. The average molecular weight is 347 g/mol. The van der Waals surface area contributed by atoms with Crippen LogP contribution in [0.2, 0.25) is 0 Å². The predicted octanol–water partition coefficient (Wildman–Crippen LogP) is 1.66. The molecule has 128 valence electrons. The molecule has 1 aromatic rings. The molecule has 2 aliphatic rings. The van der Waals surface area contributed by atoms with Crippen molar-refractivity contribution in [2.75, 3.05) is 13.1 Å². The SMILES string of the molecule is CC1=NS(=O)(=O)N(CCc2ccccc2)C=C1C(=O)NCC1CC1. The molecule has 1 aliphatic heterocycles. The molecule has 1 aliphatic carbocycles. The Morgan fingerprint density at radius 2 is 2.00 bits per heavy atom. The van der Waals surface area contributed by atoms with Gasteiger partial charge < -0.3 is 5.32 Å². The van der Waals surface area contributed by atoms with Gasteiger partial charge in [0.15, 0.2) is 0 Å². The number of benzene rings is 1. The first kappa shape index (κ1) is 16.7. The van der Waals surface area contributed by atoms with E-state index in [1.165, 1.54) is 6.20 Å². The van der Waals surface area contributed by atoms with Gasteiger partial charge in [-0.2, -0.15) is 8.42 Å². The molecular formula is C17H21N3O3S. The zero-order chi connectivity index (χ0) is 17.2. The average Bonchev–Trinajstić information content (AvgIpc) is 3.36. The Kier molecular flexibility index (Phi) is 4.71. The number of nitrogens with one attached hydrogen (secondary N) is 1. The summed E-state index contributed by atoms with van der Waals surface area (Å²) in [6.45, 7) is 2.44. The number of hydrogen-bond acceptors (Lipinski definition) is 3.